The smallest absolute Gasteiger partial charge is 0.263 e. The normalized spacial score (nSPS) is 12.0. The molecular weight excluding hydrogens is 398 g/mol. The van der Waals surface area contributed by atoms with Gasteiger partial charge in [-0.15, -0.1) is 11.3 Å². The molecule has 4 aromatic rings. The van der Waals surface area contributed by atoms with E-state index in [-0.39, 0.29) is 11.5 Å². The summed E-state index contributed by atoms with van der Waals surface area (Å²) in [7, 11) is 1.61. The average molecular weight is 420 g/mol. The van der Waals surface area contributed by atoms with E-state index in [4.69, 9.17) is 4.74 Å². The first-order valence-electron chi connectivity index (χ1n) is 9.49. The van der Waals surface area contributed by atoms with Crippen molar-refractivity contribution < 1.29 is 9.53 Å². The lowest BCUT2D eigenvalue weighted by Crippen LogP contribution is -2.31. The number of carbonyl (C=O) groups excluding carboxylic acids is 1. The molecule has 0 saturated heterocycles. The minimum absolute atomic E-state index is 0.237. The van der Waals surface area contributed by atoms with E-state index in [1.165, 1.54) is 22.2 Å². The Labute approximate surface area is 177 Å². The molecule has 2 heterocycles. The van der Waals surface area contributed by atoms with Gasteiger partial charge in [0.15, 0.2) is 0 Å². The van der Waals surface area contributed by atoms with Crippen LogP contribution in [0.5, 0.6) is 5.75 Å². The molecule has 0 aliphatic rings. The van der Waals surface area contributed by atoms with Crippen LogP contribution in [0, 0.1) is 6.92 Å². The number of aryl methyl sites for hydroxylation is 1. The summed E-state index contributed by atoms with van der Waals surface area (Å²) in [5.41, 5.74) is 3.15. The van der Waals surface area contributed by atoms with Gasteiger partial charge in [-0.2, -0.15) is 0 Å². The van der Waals surface area contributed by atoms with Gasteiger partial charge < -0.3 is 10.1 Å². The second-order valence-corrected chi connectivity index (χ2v) is 7.85. The highest BCUT2D eigenvalue weighted by atomic mass is 32.1. The maximum absolute atomic E-state index is 13.3. The van der Waals surface area contributed by atoms with Crippen molar-refractivity contribution in [2.75, 3.05) is 12.4 Å². The Kier molecular flexibility index (Phi) is 5.37. The van der Waals surface area contributed by atoms with Gasteiger partial charge in [-0.05, 0) is 43.2 Å². The summed E-state index contributed by atoms with van der Waals surface area (Å²) in [4.78, 5) is 31.2. The van der Waals surface area contributed by atoms with Crippen molar-refractivity contribution in [1.29, 1.82) is 0 Å². The molecule has 0 bridgehead atoms. The number of carbonyl (C=O) groups is 1. The molecule has 0 aliphatic carbocycles. The zero-order valence-electron chi connectivity index (χ0n) is 16.9. The Morgan fingerprint density at radius 3 is 2.60 bits per heavy atom. The second kappa shape index (κ2) is 8.12. The lowest BCUT2D eigenvalue weighted by molar-refractivity contribution is -0.118. The quantitative estimate of drug-likeness (QED) is 0.511. The first kappa shape index (κ1) is 19.8. The molecule has 4 rings (SSSR count). The zero-order valence-corrected chi connectivity index (χ0v) is 17.7. The van der Waals surface area contributed by atoms with Crippen molar-refractivity contribution >= 4 is 33.1 Å². The van der Waals surface area contributed by atoms with Crippen molar-refractivity contribution in [3.8, 4) is 16.9 Å². The highest BCUT2D eigenvalue weighted by molar-refractivity contribution is 7.17. The van der Waals surface area contributed by atoms with Crippen LogP contribution in [0.15, 0.2) is 65.0 Å². The summed E-state index contributed by atoms with van der Waals surface area (Å²) in [5.74, 6) is 0.476. The minimum atomic E-state index is -0.711. The van der Waals surface area contributed by atoms with Crippen LogP contribution in [0.25, 0.3) is 21.3 Å². The Balaban J connectivity index is 1.71. The summed E-state index contributed by atoms with van der Waals surface area (Å²) in [6.45, 7) is 3.62. The number of fused-ring (bicyclic) bond motifs is 1. The van der Waals surface area contributed by atoms with Crippen LogP contribution < -0.4 is 15.6 Å². The average Bonchev–Trinajstić information content (AvgIpc) is 3.20. The number of para-hydroxylation sites is 1. The molecule has 1 atom stereocenters. The molecule has 1 amide bonds. The molecule has 0 unspecified atom stereocenters. The predicted octanol–water partition coefficient (Wildman–Crippen LogP) is 4.64. The van der Waals surface area contributed by atoms with Crippen LogP contribution in [-0.2, 0) is 4.79 Å². The molecule has 2 aromatic heterocycles. The monoisotopic (exact) mass is 419 g/mol. The van der Waals surface area contributed by atoms with E-state index in [0.717, 1.165) is 28.1 Å². The second-order valence-electron chi connectivity index (χ2n) is 7.00. The Hall–Kier alpha value is -3.45. The topological polar surface area (TPSA) is 73.2 Å². The molecule has 30 heavy (non-hydrogen) atoms. The summed E-state index contributed by atoms with van der Waals surface area (Å²) in [5, 5.41) is 5.34. The van der Waals surface area contributed by atoms with Crippen LogP contribution in [-0.4, -0.2) is 22.6 Å². The first-order chi connectivity index (χ1) is 14.5. The Morgan fingerprint density at radius 2 is 1.90 bits per heavy atom. The molecule has 1 N–H and O–H groups in total. The third kappa shape index (κ3) is 3.59. The number of nitrogens with zero attached hydrogens (tertiary/aromatic N) is 2. The number of hydrogen-bond donors (Lipinski definition) is 1. The SMILES string of the molecule is COc1ccc(-c2csc3ncn([C@@H](C)C(=O)Nc4ccccc4C)c(=O)c23)cc1. The van der Waals surface area contributed by atoms with Crippen LogP contribution in [0.2, 0.25) is 0 Å². The number of ether oxygens (including phenoxy) is 1. The molecule has 6 nitrogen and oxygen atoms in total. The van der Waals surface area contributed by atoms with Gasteiger partial charge in [-0.25, -0.2) is 4.98 Å². The lowest BCUT2D eigenvalue weighted by Gasteiger charge is -2.16. The number of thiophene rings is 1. The predicted molar refractivity (Wildman–Crippen MR) is 120 cm³/mol. The number of amides is 1. The maximum Gasteiger partial charge on any atom is 0.263 e. The van der Waals surface area contributed by atoms with E-state index >= 15 is 0 Å². The fourth-order valence-corrected chi connectivity index (χ4v) is 4.19. The number of nitrogens with one attached hydrogen (secondary N) is 1. The molecule has 7 heteroatoms. The van der Waals surface area contributed by atoms with Crippen molar-refractivity contribution in [3.63, 3.8) is 0 Å². The van der Waals surface area contributed by atoms with Crippen molar-refractivity contribution in [1.82, 2.24) is 9.55 Å². The minimum Gasteiger partial charge on any atom is -0.497 e. The molecular formula is C23H21N3O3S. The number of rotatable bonds is 5. The first-order valence-corrected chi connectivity index (χ1v) is 10.4. The number of methoxy groups -OCH3 is 1. The third-order valence-corrected chi connectivity index (χ3v) is 6.01. The lowest BCUT2D eigenvalue weighted by atomic mass is 10.1. The van der Waals surface area contributed by atoms with E-state index in [0.29, 0.717) is 10.2 Å². The highest BCUT2D eigenvalue weighted by Gasteiger charge is 2.20. The largest absolute Gasteiger partial charge is 0.497 e. The van der Waals surface area contributed by atoms with Crippen LogP contribution >= 0.6 is 11.3 Å². The third-order valence-electron chi connectivity index (χ3n) is 5.12. The standard InChI is InChI=1S/C23H21N3O3S/c1-14-6-4-5-7-19(14)25-21(27)15(2)26-13-24-22-20(23(26)28)18(12-30-22)16-8-10-17(29-3)11-9-16/h4-13,15H,1-3H3,(H,25,27)/t15-/m0/s1. The van der Waals surface area contributed by atoms with E-state index in [9.17, 15) is 9.59 Å². The van der Waals surface area contributed by atoms with E-state index in [1.54, 1.807) is 14.0 Å². The summed E-state index contributed by atoms with van der Waals surface area (Å²) in [6.07, 6.45) is 1.45. The van der Waals surface area contributed by atoms with Gasteiger partial charge in [0, 0.05) is 16.6 Å². The van der Waals surface area contributed by atoms with Gasteiger partial charge >= 0.3 is 0 Å². The highest BCUT2D eigenvalue weighted by Crippen LogP contribution is 2.32. The number of hydrogen-bond acceptors (Lipinski definition) is 5. The molecule has 0 aliphatic heterocycles. The van der Waals surface area contributed by atoms with Crippen molar-refractivity contribution in [2.24, 2.45) is 0 Å². The number of aromatic nitrogens is 2. The van der Waals surface area contributed by atoms with Crippen LogP contribution in [0.3, 0.4) is 0 Å². The molecule has 0 radical (unpaired) electrons. The van der Waals surface area contributed by atoms with Crippen LogP contribution in [0.1, 0.15) is 18.5 Å². The molecule has 0 saturated carbocycles. The maximum atomic E-state index is 13.3. The molecule has 152 valence electrons. The summed E-state index contributed by atoms with van der Waals surface area (Å²) >= 11 is 1.41. The van der Waals surface area contributed by atoms with Crippen LogP contribution in [0.4, 0.5) is 5.69 Å². The Morgan fingerprint density at radius 1 is 1.17 bits per heavy atom. The fourth-order valence-electron chi connectivity index (χ4n) is 3.28. The molecule has 0 spiro atoms. The van der Waals surface area contributed by atoms with Gasteiger partial charge in [0.1, 0.15) is 16.6 Å². The van der Waals surface area contributed by atoms with Gasteiger partial charge in [0.05, 0.1) is 18.8 Å². The molecule has 2 aromatic carbocycles. The Bertz CT molecular complexity index is 1280. The summed E-state index contributed by atoms with van der Waals surface area (Å²) in [6, 6.07) is 14.3. The zero-order chi connectivity index (χ0) is 21.3. The van der Waals surface area contributed by atoms with E-state index in [2.05, 4.69) is 10.3 Å². The van der Waals surface area contributed by atoms with Gasteiger partial charge in [0.2, 0.25) is 5.91 Å². The number of benzene rings is 2. The molecule has 0 fully saturated rings. The van der Waals surface area contributed by atoms with E-state index in [1.807, 2.05) is 60.8 Å². The summed E-state index contributed by atoms with van der Waals surface area (Å²) < 4.78 is 6.60. The van der Waals surface area contributed by atoms with Gasteiger partial charge in [-0.3, -0.25) is 14.2 Å². The van der Waals surface area contributed by atoms with Gasteiger partial charge in [-0.1, -0.05) is 30.3 Å². The fraction of sp³-hybridized carbons (Fsp3) is 0.174. The van der Waals surface area contributed by atoms with E-state index < -0.39 is 6.04 Å². The van der Waals surface area contributed by atoms with Gasteiger partial charge in [0.25, 0.3) is 5.56 Å². The van der Waals surface area contributed by atoms with Crippen molar-refractivity contribution in [3.05, 3.63) is 76.2 Å². The van der Waals surface area contributed by atoms with Crippen molar-refractivity contribution in [2.45, 2.75) is 19.9 Å². The number of anilines is 1.